The zero-order chi connectivity index (χ0) is 28.8. The van der Waals surface area contributed by atoms with Crippen LogP contribution in [0.4, 0.5) is 10.7 Å². The molecule has 0 fully saturated rings. The van der Waals surface area contributed by atoms with Crippen molar-refractivity contribution < 1.29 is 28.6 Å². The van der Waals surface area contributed by atoms with Crippen molar-refractivity contribution >= 4 is 51.6 Å². The van der Waals surface area contributed by atoms with Crippen molar-refractivity contribution in [2.24, 2.45) is 5.92 Å². The molecule has 3 aromatic rings. The van der Waals surface area contributed by atoms with Gasteiger partial charge in [-0.05, 0) is 73.6 Å². The Morgan fingerprint density at radius 1 is 1.05 bits per heavy atom. The molecule has 0 saturated heterocycles. The Morgan fingerprint density at radius 3 is 2.52 bits per heavy atom. The second-order valence-electron chi connectivity index (χ2n) is 9.60. The lowest BCUT2D eigenvalue weighted by Gasteiger charge is -2.18. The average Bonchev–Trinajstić information content (AvgIpc) is 3.31. The quantitative estimate of drug-likeness (QED) is 0.210. The maximum atomic E-state index is 13.4. The van der Waals surface area contributed by atoms with E-state index < -0.39 is 11.2 Å². The number of ether oxygens (including phenoxy) is 3. The Bertz CT molecular complexity index is 1400. The Balaban J connectivity index is 1.47. The molecule has 40 heavy (non-hydrogen) atoms. The number of thioether (sulfide) groups is 1. The van der Waals surface area contributed by atoms with Crippen LogP contribution in [0, 0.1) is 5.92 Å². The van der Waals surface area contributed by atoms with E-state index in [1.165, 1.54) is 44.4 Å². The maximum Gasteiger partial charge on any atom is 0.341 e. The van der Waals surface area contributed by atoms with E-state index in [9.17, 15) is 14.4 Å². The zero-order valence-electron chi connectivity index (χ0n) is 23.3. The number of esters is 1. The van der Waals surface area contributed by atoms with Crippen LogP contribution in [-0.2, 0) is 22.4 Å². The van der Waals surface area contributed by atoms with Gasteiger partial charge in [-0.2, -0.15) is 0 Å². The SMILES string of the molecule is CCC(Sc1cccc(NC(=O)c2ccc(OC)c(OC)c2)c1)C(=O)Nc1sc2c(c1C(=O)OC)CCC(C)C2. The predicted molar refractivity (Wildman–Crippen MR) is 159 cm³/mol. The average molecular weight is 583 g/mol. The number of carbonyl (C=O) groups excluding carboxylic acids is 3. The number of hydrogen-bond donors (Lipinski definition) is 2. The normalized spacial score (nSPS) is 15.0. The molecule has 2 atom stereocenters. The molecule has 0 radical (unpaired) electrons. The second kappa shape index (κ2) is 13.2. The minimum absolute atomic E-state index is 0.177. The van der Waals surface area contributed by atoms with Crippen LogP contribution in [0.5, 0.6) is 11.5 Å². The first-order chi connectivity index (χ1) is 19.3. The molecule has 0 spiro atoms. The van der Waals surface area contributed by atoms with Gasteiger partial charge in [0.25, 0.3) is 5.91 Å². The molecule has 1 aliphatic rings. The molecule has 1 aliphatic carbocycles. The van der Waals surface area contributed by atoms with Crippen molar-refractivity contribution in [1.82, 2.24) is 0 Å². The van der Waals surface area contributed by atoms with Gasteiger partial charge in [-0.15, -0.1) is 23.1 Å². The van der Waals surface area contributed by atoms with E-state index >= 15 is 0 Å². The molecule has 2 unspecified atom stereocenters. The number of hydrogen-bond acceptors (Lipinski definition) is 8. The Morgan fingerprint density at radius 2 is 1.82 bits per heavy atom. The number of benzene rings is 2. The summed E-state index contributed by atoms with van der Waals surface area (Å²) in [6.45, 7) is 4.15. The van der Waals surface area contributed by atoms with Crippen molar-refractivity contribution in [1.29, 1.82) is 0 Å². The fourth-order valence-electron chi connectivity index (χ4n) is 4.66. The Labute approximate surface area is 242 Å². The van der Waals surface area contributed by atoms with Crippen LogP contribution in [0.15, 0.2) is 47.4 Å². The topological polar surface area (TPSA) is 103 Å². The number of amides is 2. The van der Waals surface area contributed by atoms with E-state index in [0.29, 0.717) is 45.7 Å². The molecule has 8 nitrogen and oxygen atoms in total. The van der Waals surface area contributed by atoms with Gasteiger partial charge < -0.3 is 24.8 Å². The fourth-order valence-corrected chi connectivity index (χ4v) is 7.08. The standard InChI is InChI=1S/C30H34N2O6S2/c1-6-24(28(34)32-29-26(30(35)38-5)21-12-10-17(2)14-25(21)40-29)39-20-9-7-8-19(16-20)31-27(33)18-11-13-22(36-3)23(15-18)37-4/h7-9,11,13,15-17,24H,6,10,12,14H2,1-5H3,(H,31,33)(H,32,34). The molecule has 2 aromatic carbocycles. The lowest BCUT2D eigenvalue weighted by atomic mass is 9.88. The van der Waals surface area contributed by atoms with Crippen LogP contribution in [0.2, 0.25) is 0 Å². The number of rotatable bonds is 10. The van der Waals surface area contributed by atoms with E-state index in [1.54, 1.807) is 24.3 Å². The lowest BCUT2D eigenvalue weighted by molar-refractivity contribution is -0.115. The third kappa shape index (κ3) is 6.62. The van der Waals surface area contributed by atoms with Crippen molar-refractivity contribution in [3.8, 4) is 11.5 Å². The van der Waals surface area contributed by atoms with E-state index in [0.717, 1.165) is 34.6 Å². The molecule has 1 heterocycles. The third-order valence-corrected chi connectivity index (χ3v) is 9.34. The van der Waals surface area contributed by atoms with Gasteiger partial charge in [-0.1, -0.05) is 19.9 Å². The highest BCUT2D eigenvalue weighted by Gasteiger charge is 2.30. The van der Waals surface area contributed by atoms with E-state index in [2.05, 4.69) is 17.6 Å². The van der Waals surface area contributed by atoms with Crippen molar-refractivity contribution in [3.05, 3.63) is 64.0 Å². The van der Waals surface area contributed by atoms with Crippen LogP contribution in [0.25, 0.3) is 0 Å². The molecule has 10 heteroatoms. The van der Waals surface area contributed by atoms with Crippen molar-refractivity contribution in [2.45, 2.75) is 49.7 Å². The van der Waals surface area contributed by atoms with Crippen LogP contribution in [0.3, 0.4) is 0 Å². The first-order valence-corrected chi connectivity index (χ1v) is 14.8. The molecule has 2 N–H and O–H groups in total. The highest BCUT2D eigenvalue weighted by molar-refractivity contribution is 8.00. The number of nitrogens with one attached hydrogen (secondary N) is 2. The molecule has 4 rings (SSSR count). The molecular formula is C30H34N2O6S2. The first-order valence-electron chi connectivity index (χ1n) is 13.1. The summed E-state index contributed by atoms with van der Waals surface area (Å²) < 4.78 is 15.6. The summed E-state index contributed by atoms with van der Waals surface area (Å²) in [4.78, 5) is 40.9. The van der Waals surface area contributed by atoms with Gasteiger partial charge in [0.2, 0.25) is 5.91 Å². The van der Waals surface area contributed by atoms with Gasteiger partial charge >= 0.3 is 5.97 Å². The van der Waals surface area contributed by atoms with Gasteiger partial charge in [0.05, 0.1) is 32.1 Å². The highest BCUT2D eigenvalue weighted by atomic mass is 32.2. The molecule has 2 amide bonds. The minimum Gasteiger partial charge on any atom is -0.493 e. The lowest BCUT2D eigenvalue weighted by Crippen LogP contribution is -2.25. The predicted octanol–water partition coefficient (Wildman–Crippen LogP) is 6.44. The van der Waals surface area contributed by atoms with Gasteiger partial charge in [0.15, 0.2) is 11.5 Å². The zero-order valence-corrected chi connectivity index (χ0v) is 24.9. The maximum absolute atomic E-state index is 13.4. The number of anilines is 2. The van der Waals surface area contributed by atoms with E-state index in [1.807, 2.05) is 25.1 Å². The summed E-state index contributed by atoms with van der Waals surface area (Å²) in [5.74, 6) is 0.660. The summed E-state index contributed by atoms with van der Waals surface area (Å²) in [6.07, 6.45) is 3.29. The monoisotopic (exact) mass is 582 g/mol. The summed E-state index contributed by atoms with van der Waals surface area (Å²) >= 11 is 2.89. The molecule has 0 saturated carbocycles. The Hall–Kier alpha value is -3.50. The molecular weight excluding hydrogens is 548 g/mol. The van der Waals surface area contributed by atoms with Gasteiger partial charge in [0, 0.05) is 21.0 Å². The van der Waals surface area contributed by atoms with Gasteiger partial charge in [0.1, 0.15) is 5.00 Å². The summed E-state index contributed by atoms with van der Waals surface area (Å²) in [6, 6.07) is 12.3. The van der Waals surface area contributed by atoms with Gasteiger partial charge in [-0.25, -0.2) is 4.79 Å². The molecule has 1 aromatic heterocycles. The Kier molecular flexibility index (Phi) is 9.76. The summed E-state index contributed by atoms with van der Waals surface area (Å²) in [5.41, 5.74) is 2.52. The van der Waals surface area contributed by atoms with Gasteiger partial charge in [-0.3, -0.25) is 9.59 Å². The first kappa shape index (κ1) is 29.5. The van der Waals surface area contributed by atoms with Crippen molar-refractivity contribution in [3.63, 3.8) is 0 Å². The van der Waals surface area contributed by atoms with Crippen LogP contribution < -0.4 is 20.1 Å². The smallest absolute Gasteiger partial charge is 0.341 e. The molecule has 212 valence electrons. The number of methoxy groups -OCH3 is 3. The number of carbonyl (C=O) groups is 3. The van der Waals surface area contributed by atoms with Crippen molar-refractivity contribution in [2.75, 3.05) is 32.0 Å². The van der Waals surface area contributed by atoms with E-state index in [-0.39, 0.29) is 11.8 Å². The minimum atomic E-state index is -0.416. The van der Waals surface area contributed by atoms with Crippen LogP contribution in [0.1, 0.15) is 57.8 Å². The molecule has 0 aliphatic heterocycles. The summed E-state index contributed by atoms with van der Waals surface area (Å²) in [7, 11) is 4.42. The number of thiophene rings is 1. The highest BCUT2D eigenvalue weighted by Crippen LogP contribution is 2.40. The van der Waals surface area contributed by atoms with Crippen LogP contribution in [-0.4, -0.2) is 44.4 Å². The largest absolute Gasteiger partial charge is 0.493 e. The molecule has 0 bridgehead atoms. The number of fused-ring (bicyclic) bond motifs is 1. The second-order valence-corrected chi connectivity index (χ2v) is 12.0. The van der Waals surface area contributed by atoms with E-state index in [4.69, 9.17) is 14.2 Å². The van der Waals surface area contributed by atoms with Crippen LogP contribution >= 0.6 is 23.1 Å². The summed E-state index contributed by atoms with van der Waals surface area (Å²) in [5, 5.41) is 6.09. The third-order valence-electron chi connectivity index (χ3n) is 6.82. The fraction of sp³-hybridized carbons (Fsp3) is 0.367.